The van der Waals surface area contributed by atoms with Crippen LogP contribution in [0.4, 0.5) is 0 Å². The molecule has 25 heavy (non-hydrogen) atoms. The van der Waals surface area contributed by atoms with Crippen LogP contribution in [-0.2, 0) is 17.8 Å². The molecule has 0 saturated heterocycles. The summed E-state index contributed by atoms with van der Waals surface area (Å²) in [6.45, 7) is 0.402. The van der Waals surface area contributed by atoms with Crippen molar-refractivity contribution >= 4 is 38.5 Å². The molecule has 0 radical (unpaired) electrons. The maximum Gasteiger partial charge on any atom is 0.262 e. The van der Waals surface area contributed by atoms with Crippen LogP contribution in [0.25, 0.3) is 21.3 Å². The zero-order valence-corrected chi connectivity index (χ0v) is 14.0. The Balaban J connectivity index is 1.37. The van der Waals surface area contributed by atoms with E-state index in [9.17, 15) is 9.59 Å². The second kappa shape index (κ2) is 6.48. The largest absolute Gasteiger partial charge is 0.354 e. The smallest absolute Gasteiger partial charge is 0.262 e. The molecule has 2 N–H and O–H groups in total. The Morgan fingerprint density at radius 3 is 3.04 bits per heavy atom. The number of amides is 1. The topological polar surface area (TPSA) is 92.7 Å². The fourth-order valence-corrected chi connectivity index (χ4v) is 3.38. The third-order valence-corrected chi connectivity index (χ3v) is 4.71. The van der Waals surface area contributed by atoms with Gasteiger partial charge >= 0.3 is 0 Å². The Morgan fingerprint density at radius 2 is 2.16 bits per heavy atom. The maximum absolute atomic E-state index is 12.3. The summed E-state index contributed by atoms with van der Waals surface area (Å²) >= 11 is 1.41. The summed E-state index contributed by atoms with van der Waals surface area (Å²) in [5, 5.41) is 5.17. The molecule has 0 fully saturated rings. The van der Waals surface area contributed by atoms with Crippen molar-refractivity contribution in [3.05, 3.63) is 58.2 Å². The van der Waals surface area contributed by atoms with E-state index < -0.39 is 0 Å². The first-order chi connectivity index (χ1) is 12.2. The number of nitrogens with one attached hydrogen (secondary N) is 2. The number of hydrogen-bond acceptors (Lipinski definition) is 5. The second-order valence-corrected chi connectivity index (χ2v) is 6.51. The Hall–Kier alpha value is -3.00. The van der Waals surface area contributed by atoms with E-state index in [2.05, 4.69) is 20.3 Å². The van der Waals surface area contributed by atoms with E-state index in [4.69, 9.17) is 0 Å². The van der Waals surface area contributed by atoms with E-state index in [0.29, 0.717) is 23.2 Å². The molecule has 3 heterocycles. The average Bonchev–Trinajstić information content (AvgIpc) is 3.24. The van der Waals surface area contributed by atoms with Gasteiger partial charge in [-0.05, 0) is 23.6 Å². The standard InChI is InChI=1S/C17H15N5O2S/c23-15(9-22-10-19-16-11(17(22)24)6-8-25-16)18-7-5-14-20-12-3-1-2-4-13(12)21-14/h1-4,6,8,10H,5,7,9H2,(H,18,23)(H,20,21). The highest BCUT2D eigenvalue weighted by Gasteiger charge is 2.09. The van der Waals surface area contributed by atoms with Gasteiger partial charge in [0.1, 0.15) is 17.2 Å². The molecule has 1 aromatic carbocycles. The lowest BCUT2D eigenvalue weighted by Crippen LogP contribution is -2.33. The van der Waals surface area contributed by atoms with Crippen molar-refractivity contribution in [3.8, 4) is 0 Å². The molecule has 0 unspecified atom stereocenters. The number of H-pyrrole nitrogens is 1. The minimum absolute atomic E-state index is 0.0439. The Kier molecular flexibility index (Phi) is 4.02. The SMILES string of the molecule is O=C(Cn1cnc2sccc2c1=O)NCCc1nc2ccccc2[nH]1. The molecule has 0 bridgehead atoms. The van der Waals surface area contributed by atoms with E-state index in [1.807, 2.05) is 29.6 Å². The number of hydrogen-bond donors (Lipinski definition) is 2. The van der Waals surface area contributed by atoms with Gasteiger partial charge in [0.15, 0.2) is 0 Å². The van der Waals surface area contributed by atoms with Crippen LogP contribution >= 0.6 is 11.3 Å². The maximum atomic E-state index is 12.3. The minimum atomic E-state index is -0.227. The summed E-state index contributed by atoms with van der Waals surface area (Å²) in [6, 6.07) is 9.51. The molecule has 0 aliphatic heterocycles. The summed E-state index contributed by atoms with van der Waals surface area (Å²) in [6.07, 6.45) is 2.01. The molecule has 8 heteroatoms. The summed E-state index contributed by atoms with van der Waals surface area (Å²) in [4.78, 5) is 36.9. The van der Waals surface area contributed by atoms with E-state index in [1.54, 1.807) is 6.07 Å². The lowest BCUT2D eigenvalue weighted by molar-refractivity contribution is -0.121. The number of thiophene rings is 1. The Morgan fingerprint density at radius 1 is 1.28 bits per heavy atom. The number of rotatable bonds is 5. The number of aromatic amines is 1. The number of carbonyl (C=O) groups is 1. The zero-order valence-electron chi connectivity index (χ0n) is 13.2. The Labute approximate surface area is 146 Å². The monoisotopic (exact) mass is 353 g/mol. The van der Waals surface area contributed by atoms with Crippen molar-refractivity contribution < 1.29 is 4.79 Å². The van der Waals surface area contributed by atoms with Crippen LogP contribution in [0, 0.1) is 0 Å². The van der Waals surface area contributed by atoms with Gasteiger partial charge in [-0.2, -0.15) is 0 Å². The molecule has 0 aliphatic rings. The third kappa shape index (κ3) is 3.16. The number of aromatic nitrogens is 4. The van der Waals surface area contributed by atoms with Gasteiger partial charge in [0.05, 0.1) is 22.7 Å². The van der Waals surface area contributed by atoms with Crippen LogP contribution in [-0.4, -0.2) is 32.0 Å². The van der Waals surface area contributed by atoms with Crippen molar-refractivity contribution in [1.82, 2.24) is 24.8 Å². The molecule has 0 aliphatic carbocycles. The van der Waals surface area contributed by atoms with Crippen LogP contribution in [0.1, 0.15) is 5.82 Å². The van der Waals surface area contributed by atoms with Gasteiger partial charge in [-0.1, -0.05) is 12.1 Å². The number of nitrogens with zero attached hydrogens (tertiary/aromatic N) is 3. The van der Waals surface area contributed by atoms with Crippen LogP contribution in [0.3, 0.4) is 0 Å². The van der Waals surface area contributed by atoms with E-state index in [1.165, 1.54) is 22.2 Å². The number of carbonyl (C=O) groups excluding carboxylic acids is 1. The van der Waals surface area contributed by atoms with Gasteiger partial charge < -0.3 is 10.3 Å². The lowest BCUT2D eigenvalue weighted by Gasteiger charge is -2.06. The fourth-order valence-electron chi connectivity index (χ4n) is 2.66. The molecule has 4 aromatic rings. The number of benzene rings is 1. The normalized spacial score (nSPS) is 11.2. The van der Waals surface area contributed by atoms with Gasteiger partial charge in [0, 0.05) is 13.0 Å². The summed E-state index contributed by atoms with van der Waals surface area (Å²) < 4.78 is 1.32. The average molecular weight is 353 g/mol. The molecule has 126 valence electrons. The minimum Gasteiger partial charge on any atom is -0.354 e. The van der Waals surface area contributed by atoms with Crippen LogP contribution in [0.15, 0.2) is 46.8 Å². The van der Waals surface area contributed by atoms with Crippen LogP contribution < -0.4 is 10.9 Å². The highest BCUT2D eigenvalue weighted by atomic mass is 32.1. The quantitative estimate of drug-likeness (QED) is 0.571. The van der Waals surface area contributed by atoms with Gasteiger partial charge in [0.2, 0.25) is 5.91 Å². The second-order valence-electron chi connectivity index (χ2n) is 5.62. The van der Waals surface area contributed by atoms with E-state index >= 15 is 0 Å². The molecular formula is C17H15N5O2S. The number of para-hydroxylation sites is 2. The summed E-state index contributed by atoms with van der Waals surface area (Å²) in [7, 11) is 0. The van der Waals surface area contributed by atoms with Crippen molar-refractivity contribution in [2.75, 3.05) is 6.54 Å². The van der Waals surface area contributed by atoms with E-state index in [-0.39, 0.29) is 18.0 Å². The van der Waals surface area contributed by atoms with Crippen molar-refractivity contribution in [2.45, 2.75) is 13.0 Å². The molecule has 7 nitrogen and oxygen atoms in total. The first-order valence-electron chi connectivity index (χ1n) is 7.84. The molecule has 4 rings (SSSR count). The number of imidazole rings is 1. The highest BCUT2D eigenvalue weighted by Crippen LogP contribution is 2.13. The molecule has 0 spiro atoms. The predicted molar refractivity (Wildman–Crippen MR) is 96.7 cm³/mol. The lowest BCUT2D eigenvalue weighted by atomic mass is 10.3. The predicted octanol–water partition coefficient (Wildman–Crippen LogP) is 1.69. The van der Waals surface area contributed by atoms with Gasteiger partial charge in [-0.25, -0.2) is 9.97 Å². The molecule has 1 amide bonds. The van der Waals surface area contributed by atoms with Crippen LogP contribution in [0.5, 0.6) is 0 Å². The Bertz CT molecular complexity index is 1080. The number of fused-ring (bicyclic) bond motifs is 2. The fraction of sp³-hybridized carbons (Fsp3) is 0.176. The van der Waals surface area contributed by atoms with Crippen molar-refractivity contribution in [1.29, 1.82) is 0 Å². The first kappa shape index (κ1) is 15.5. The van der Waals surface area contributed by atoms with Gasteiger partial charge in [-0.3, -0.25) is 14.2 Å². The summed E-state index contributed by atoms with van der Waals surface area (Å²) in [5.41, 5.74) is 1.69. The first-order valence-corrected chi connectivity index (χ1v) is 8.71. The van der Waals surface area contributed by atoms with Crippen LogP contribution in [0.2, 0.25) is 0 Å². The summed E-state index contributed by atoms with van der Waals surface area (Å²) in [5.74, 6) is 0.592. The zero-order chi connectivity index (χ0) is 17.2. The van der Waals surface area contributed by atoms with Gasteiger partial charge in [-0.15, -0.1) is 11.3 Å². The van der Waals surface area contributed by atoms with E-state index in [0.717, 1.165) is 16.9 Å². The van der Waals surface area contributed by atoms with Gasteiger partial charge in [0.25, 0.3) is 5.56 Å². The molecule has 0 saturated carbocycles. The molecular weight excluding hydrogens is 338 g/mol. The van der Waals surface area contributed by atoms with Crippen molar-refractivity contribution in [2.24, 2.45) is 0 Å². The third-order valence-electron chi connectivity index (χ3n) is 3.89. The molecule has 3 aromatic heterocycles. The highest BCUT2D eigenvalue weighted by molar-refractivity contribution is 7.16. The molecule has 0 atom stereocenters. The van der Waals surface area contributed by atoms with Crippen molar-refractivity contribution in [3.63, 3.8) is 0 Å².